The van der Waals surface area contributed by atoms with Gasteiger partial charge in [0.25, 0.3) is 0 Å². The normalized spacial score (nSPS) is 12.7. The Kier molecular flexibility index (Phi) is 2.84. The molecular formula is C12H13NOS. The van der Waals surface area contributed by atoms with E-state index in [1.54, 1.807) is 5.51 Å². The second-order valence-corrected chi connectivity index (χ2v) is 4.39. The van der Waals surface area contributed by atoms with Crippen LogP contribution in [0.1, 0.15) is 28.5 Å². The van der Waals surface area contributed by atoms with Crippen LogP contribution in [0.15, 0.2) is 29.1 Å². The van der Waals surface area contributed by atoms with Crippen LogP contribution in [-0.2, 0) is 0 Å². The summed E-state index contributed by atoms with van der Waals surface area (Å²) in [4.78, 5) is 4.12. The number of rotatable bonds is 2. The Morgan fingerprint density at radius 2 is 2.13 bits per heavy atom. The van der Waals surface area contributed by atoms with Gasteiger partial charge in [0.15, 0.2) is 0 Å². The molecule has 2 aromatic rings. The molecule has 0 aliphatic rings. The lowest BCUT2D eigenvalue weighted by molar-refractivity contribution is 0.215. The van der Waals surface area contributed by atoms with Crippen molar-refractivity contribution < 1.29 is 5.11 Å². The molecule has 0 fully saturated rings. The van der Waals surface area contributed by atoms with Crippen molar-refractivity contribution in [2.45, 2.75) is 20.0 Å². The zero-order valence-electron chi connectivity index (χ0n) is 8.77. The fraction of sp³-hybridized carbons (Fsp3) is 0.250. The number of nitrogens with zero attached hydrogens (tertiary/aromatic N) is 1. The zero-order valence-corrected chi connectivity index (χ0v) is 9.58. The van der Waals surface area contributed by atoms with Crippen LogP contribution in [0.2, 0.25) is 0 Å². The second-order valence-electron chi connectivity index (χ2n) is 3.68. The summed E-state index contributed by atoms with van der Waals surface area (Å²) in [5.41, 5.74) is 5.72. The van der Waals surface area contributed by atoms with Crippen LogP contribution >= 0.6 is 11.3 Å². The summed E-state index contributed by atoms with van der Waals surface area (Å²) >= 11 is 1.50. The van der Waals surface area contributed by atoms with E-state index in [1.165, 1.54) is 16.9 Å². The maximum atomic E-state index is 10.1. The molecule has 0 bridgehead atoms. The maximum Gasteiger partial charge on any atom is 0.122 e. The molecule has 2 rings (SSSR count). The monoisotopic (exact) mass is 219 g/mol. The van der Waals surface area contributed by atoms with Gasteiger partial charge >= 0.3 is 0 Å². The highest BCUT2D eigenvalue weighted by Gasteiger charge is 2.14. The van der Waals surface area contributed by atoms with Gasteiger partial charge in [-0.25, -0.2) is 4.98 Å². The molecule has 1 heterocycles. The number of benzene rings is 1. The Labute approximate surface area is 93.2 Å². The Hall–Kier alpha value is -1.19. The first-order valence-corrected chi connectivity index (χ1v) is 5.76. The van der Waals surface area contributed by atoms with Gasteiger partial charge in [0.1, 0.15) is 6.10 Å². The quantitative estimate of drug-likeness (QED) is 0.842. The van der Waals surface area contributed by atoms with Gasteiger partial charge in [0.2, 0.25) is 0 Å². The molecule has 0 saturated carbocycles. The van der Waals surface area contributed by atoms with Gasteiger partial charge in [0, 0.05) is 5.38 Å². The third kappa shape index (κ3) is 2.08. The summed E-state index contributed by atoms with van der Waals surface area (Å²) in [6.07, 6.45) is -0.600. The molecular weight excluding hydrogens is 206 g/mol. The molecule has 2 nitrogen and oxygen atoms in total. The zero-order chi connectivity index (χ0) is 10.8. The maximum absolute atomic E-state index is 10.1. The van der Waals surface area contributed by atoms with Crippen molar-refractivity contribution in [3.63, 3.8) is 0 Å². The van der Waals surface area contributed by atoms with E-state index < -0.39 is 6.10 Å². The van der Waals surface area contributed by atoms with Crippen molar-refractivity contribution in [3.05, 3.63) is 51.5 Å². The minimum absolute atomic E-state index is 0.600. The van der Waals surface area contributed by atoms with Crippen LogP contribution in [0, 0.1) is 13.8 Å². The summed E-state index contributed by atoms with van der Waals surface area (Å²) < 4.78 is 0. The molecule has 0 amide bonds. The summed E-state index contributed by atoms with van der Waals surface area (Å²) in [6.45, 7) is 4.06. The first-order chi connectivity index (χ1) is 7.18. The van der Waals surface area contributed by atoms with Crippen molar-refractivity contribution >= 4 is 11.3 Å². The molecule has 0 saturated heterocycles. The van der Waals surface area contributed by atoms with E-state index in [2.05, 4.69) is 11.1 Å². The Balaban J connectivity index is 2.38. The van der Waals surface area contributed by atoms with E-state index in [9.17, 15) is 5.11 Å². The number of aliphatic hydroxyl groups excluding tert-OH is 1. The van der Waals surface area contributed by atoms with E-state index in [4.69, 9.17) is 0 Å². The molecule has 78 valence electrons. The summed E-state index contributed by atoms with van der Waals surface area (Å²) in [5.74, 6) is 0. The Morgan fingerprint density at radius 1 is 1.33 bits per heavy atom. The van der Waals surface area contributed by atoms with Gasteiger partial charge < -0.3 is 5.11 Å². The Bertz CT molecular complexity index is 451. The molecule has 0 spiro atoms. The Morgan fingerprint density at radius 3 is 2.73 bits per heavy atom. The van der Waals surface area contributed by atoms with Gasteiger partial charge in [-0.05, 0) is 25.0 Å². The van der Waals surface area contributed by atoms with E-state index in [0.717, 1.165) is 16.8 Å². The van der Waals surface area contributed by atoms with Crippen LogP contribution in [-0.4, -0.2) is 10.1 Å². The molecule has 3 heteroatoms. The molecule has 1 aromatic heterocycles. The number of hydrogen-bond acceptors (Lipinski definition) is 3. The number of thiazole rings is 1. The summed E-state index contributed by atoms with van der Waals surface area (Å²) in [5, 5.41) is 12.0. The van der Waals surface area contributed by atoms with Crippen LogP contribution in [0.25, 0.3) is 0 Å². The highest BCUT2D eigenvalue weighted by molar-refractivity contribution is 7.07. The third-order valence-corrected chi connectivity index (χ3v) is 3.06. The molecule has 15 heavy (non-hydrogen) atoms. The van der Waals surface area contributed by atoms with Crippen LogP contribution in [0.5, 0.6) is 0 Å². The summed E-state index contributed by atoms with van der Waals surface area (Å²) in [7, 11) is 0. The van der Waals surface area contributed by atoms with E-state index >= 15 is 0 Å². The second kappa shape index (κ2) is 4.13. The highest BCUT2D eigenvalue weighted by Crippen LogP contribution is 2.24. The lowest BCUT2D eigenvalue weighted by Gasteiger charge is -2.12. The van der Waals surface area contributed by atoms with E-state index in [-0.39, 0.29) is 0 Å². The first kappa shape index (κ1) is 10.3. The molecule has 1 N–H and O–H groups in total. The van der Waals surface area contributed by atoms with Crippen molar-refractivity contribution in [2.75, 3.05) is 0 Å². The van der Waals surface area contributed by atoms with Crippen molar-refractivity contribution in [2.24, 2.45) is 0 Å². The number of hydrogen-bond donors (Lipinski definition) is 1. The van der Waals surface area contributed by atoms with E-state index in [0.29, 0.717) is 0 Å². The van der Waals surface area contributed by atoms with Gasteiger partial charge in [-0.15, -0.1) is 11.3 Å². The average molecular weight is 219 g/mol. The topological polar surface area (TPSA) is 33.1 Å². The molecule has 0 aliphatic carbocycles. The third-order valence-electron chi connectivity index (χ3n) is 2.45. The van der Waals surface area contributed by atoms with Crippen molar-refractivity contribution in [3.8, 4) is 0 Å². The number of aryl methyl sites for hydroxylation is 2. The molecule has 0 radical (unpaired) electrons. The molecule has 1 aromatic carbocycles. The van der Waals surface area contributed by atoms with Gasteiger partial charge in [0.05, 0.1) is 11.2 Å². The number of aromatic nitrogens is 1. The van der Waals surface area contributed by atoms with Crippen molar-refractivity contribution in [1.29, 1.82) is 0 Å². The minimum atomic E-state index is -0.600. The van der Waals surface area contributed by atoms with Crippen LogP contribution in [0.4, 0.5) is 0 Å². The predicted molar refractivity (Wildman–Crippen MR) is 62.1 cm³/mol. The lowest BCUT2D eigenvalue weighted by Crippen LogP contribution is -2.02. The van der Waals surface area contributed by atoms with Crippen LogP contribution < -0.4 is 0 Å². The van der Waals surface area contributed by atoms with Gasteiger partial charge in [-0.3, -0.25) is 0 Å². The first-order valence-electron chi connectivity index (χ1n) is 4.82. The molecule has 0 aliphatic heterocycles. The minimum Gasteiger partial charge on any atom is -0.382 e. The fourth-order valence-electron chi connectivity index (χ4n) is 1.65. The molecule has 1 atom stereocenters. The predicted octanol–water partition coefficient (Wildman–Crippen LogP) is 2.84. The van der Waals surface area contributed by atoms with Gasteiger partial charge in [-0.2, -0.15) is 0 Å². The van der Waals surface area contributed by atoms with Gasteiger partial charge in [-0.1, -0.05) is 23.8 Å². The molecule has 1 unspecified atom stereocenters. The lowest BCUT2D eigenvalue weighted by atomic mass is 10.00. The van der Waals surface area contributed by atoms with E-state index in [1.807, 2.05) is 31.4 Å². The highest BCUT2D eigenvalue weighted by atomic mass is 32.1. The standard InChI is InChI=1S/C12H13NOS/c1-8-3-4-10(9(2)5-8)12(14)11-6-15-7-13-11/h3-7,12,14H,1-2H3. The summed E-state index contributed by atoms with van der Waals surface area (Å²) in [6, 6.07) is 6.05. The van der Waals surface area contributed by atoms with Crippen LogP contribution in [0.3, 0.4) is 0 Å². The largest absolute Gasteiger partial charge is 0.382 e. The smallest absolute Gasteiger partial charge is 0.122 e. The SMILES string of the molecule is Cc1ccc(C(O)c2cscn2)c(C)c1. The fourth-order valence-corrected chi connectivity index (χ4v) is 2.22. The number of aliphatic hydroxyl groups is 1. The average Bonchev–Trinajstić information content (AvgIpc) is 2.69. The van der Waals surface area contributed by atoms with Crippen molar-refractivity contribution in [1.82, 2.24) is 4.98 Å².